The number of likely N-dealkylation sites (tertiary alicyclic amines) is 1. The summed E-state index contributed by atoms with van der Waals surface area (Å²) in [6.45, 7) is 2.86. The second-order valence-corrected chi connectivity index (χ2v) is 10.4. The molecule has 3 aromatic rings. The molecule has 2 aliphatic heterocycles. The van der Waals surface area contributed by atoms with Crippen molar-refractivity contribution in [2.45, 2.75) is 51.1 Å². The third kappa shape index (κ3) is 3.77. The number of pyridine rings is 1. The number of rotatable bonds is 3. The highest BCUT2D eigenvalue weighted by Crippen LogP contribution is 2.37. The van der Waals surface area contributed by atoms with Crippen LogP contribution in [-0.2, 0) is 17.9 Å². The number of para-hydroxylation sites is 1. The molecular weight excluding hydrogens is 428 g/mol. The summed E-state index contributed by atoms with van der Waals surface area (Å²) in [6, 6.07) is 13.0. The van der Waals surface area contributed by atoms with Gasteiger partial charge in [0, 0.05) is 49.8 Å². The third-order valence-corrected chi connectivity index (χ3v) is 8.17. The summed E-state index contributed by atoms with van der Waals surface area (Å²) in [7, 11) is 0. The van der Waals surface area contributed by atoms with Crippen molar-refractivity contribution in [1.82, 2.24) is 19.0 Å². The van der Waals surface area contributed by atoms with E-state index in [-0.39, 0.29) is 28.9 Å². The molecule has 2 fully saturated rings. The van der Waals surface area contributed by atoms with Crippen molar-refractivity contribution >= 4 is 16.8 Å². The lowest BCUT2D eigenvalue weighted by Gasteiger charge is -2.44. The second-order valence-electron chi connectivity index (χ2n) is 10.4. The van der Waals surface area contributed by atoms with Crippen LogP contribution >= 0.6 is 0 Å². The smallest absolute Gasteiger partial charge is 0.261 e. The van der Waals surface area contributed by atoms with Gasteiger partial charge in [0.2, 0.25) is 5.91 Å². The maximum Gasteiger partial charge on any atom is 0.261 e. The summed E-state index contributed by atoms with van der Waals surface area (Å²) < 4.78 is 3.65. The highest BCUT2D eigenvalue weighted by molar-refractivity contribution is 5.79. The molecule has 176 valence electrons. The highest BCUT2D eigenvalue weighted by atomic mass is 16.2. The van der Waals surface area contributed by atoms with Gasteiger partial charge in [0.1, 0.15) is 0 Å². The quantitative estimate of drug-likeness (QED) is 0.605. The molecule has 2 atom stereocenters. The van der Waals surface area contributed by atoms with Crippen LogP contribution in [0.5, 0.6) is 0 Å². The van der Waals surface area contributed by atoms with E-state index in [0.717, 1.165) is 62.9 Å². The molecule has 2 aromatic heterocycles. The van der Waals surface area contributed by atoms with Crippen molar-refractivity contribution in [2.24, 2.45) is 17.8 Å². The van der Waals surface area contributed by atoms with Crippen LogP contribution in [0.1, 0.15) is 43.7 Å². The lowest BCUT2D eigenvalue weighted by molar-refractivity contribution is -0.139. The first kappa shape index (κ1) is 21.3. The number of piperidine rings is 1. The number of amides is 1. The topological polar surface area (TPSA) is 77.2 Å². The molecule has 3 aliphatic rings. The Labute approximate surface area is 198 Å². The first-order valence-corrected chi connectivity index (χ1v) is 12.5. The number of fused-ring (bicyclic) bond motifs is 5. The van der Waals surface area contributed by atoms with E-state index < -0.39 is 0 Å². The third-order valence-electron chi connectivity index (χ3n) is 8.17. The Hall–Kier alpha value is -3.22. The average molecular weight is 459 g/mol. The van der Waals surface area contributed by atoms with E-state index in [1.54, 1.807) is 17.0 Å². The van der Waals surface area contributed by atoms with Gasteiger partial charge in [0.05, 0.1) is 17.2 Å². The number of aromatic nitrogens is 3. The van der Waals surface area contributed by atoms with Crippen molar-refractivity contribution < 1.29 is 4.79 Å². The van der Waals surface area contributed by atoms with Crippen molar-refractivity contribution in [3.8, 4) is 0 Å². The van der Waals surface area contributed by atoms with Crippen LogP contribution in [0.15, 0.2) is 58.4 Å². The summed E-state index contributed by atoms with van der Waals surface area (Å²) in [6.07, 6.45) is 6.39. The maximum absolute atomic E-state index is 13.4. The first-order valence-electron chi connectivity index (χ1n) is 12.5. The maximum atomic E-state index is 13.4. The summed E-state index contributed by atoms with van der Waals surface area (Å²) in [4.78, 5) is 45.0. The van der Waals surface area contributed by atoms with Crippen molar-refractivity contribution in [1.29, 1.82) is 0 Å². The minimum absolute atomic E-state index is 0.0167. The fourth-order valence-corrected chi connectivity index (χ4v) is 6.44. The molecule has 34 heavy (non-hydrogen) atoms. The summed E-state index contributed by atoms with van der Waals surface area (Å²) in [5.74, 6) is 1.36. The Kier molecular flexibility index (Phi) is 5.35. The van der Waals surface area contributed by atoms with Crippen LogP contribution < -0.4 is 11.1 Å². The number of hydrogen-bond acceptors (Lipinski definition) is 4. The molecule has 7 nitrogen and oxygen atoms in total. The van der Waals surface area contributed by atoms with Gasteiger partial charge in [-0.25, -0.2) is 4.98 Å². The molecule has 1 amide bonds. The lowest BCUT2D eigenvalue weighted by atomic mass is 9.79. The molecular formula is C27H30N4O3. The van der Waals surface area contributed by atoms with Crippen molar-refractivity contribution in [3.63, 3.8) is 0 Å². The molecule has 1 saturated carbocycles. The average Bonchev–Trinajstić information content (AvgIpc) is 2.86. The molecule has 1 aromatic carbocycles. The number of nitrogens with zero attached hydrogens (tertiary/aromatic N) is 4. The van der Waals surface area contributed by atoms with Crippen molar-refractivity contribution in [3.05, 3.63) is 75.2 Å². The SMILES string of the molecule is O=C(C1CCC(Cn2cnc3ccccc3c2=O)CC1)N1CC2CC(C1)c1cccc(=O)n1C2. The Morgan fingerprint density at radius 1 is 0.941 bits per heavy atom. The molecule has 6 rings (SSSR count). The first-order chi connectivity index (χ1) is 16.6. The predicted molar refractivity (Wildman–Crippen MR) is 130 cm³/mol. The Morgan fingerprint density at radius 2 is 1.76 bits per heavy atom. The molecule has 2 unspecified atom stereocenters. The van der Waals surface area contributed by atoms with E-state index in [1.165, 1.54) is 0 Å². The van der Waals surface area contributed by atoms with Crippen LogP contribution in [0.3, 0.4) is 0 Å². The van der Waals surface area contributed by atoms with Gasteiger partial charge in [-0.2, -0.15) is 0 Å². The van der Waals surface area contributed by atoms with Crippen molar-refractivity contribution in [2.75, 3.05) is 13.1 Å². The van der Waals surface area contributed by atoms with Gasteiger partial charge in [-0.3, -0.25) is 19.0 Å². The zero-order chi connectivity index (χ0) is 23.2. The van der Waals surface area contributed by atoms with E-state index in [0.29, 0.717) is 23.8 Å². The highest BCUT2D eigenvalue weighted by Gasteiger charge is 2.38. The predicted octanol–water partition coefficient (Wildman–Crippen LogP) is 3.01. The molecule has 0 N–H and O–H groups in total. The van der Waals surface area contributed by atoms with Gasteiger partial charge in [0.15, 0.2) is 0 Å². The molecule has 1 aliphatic carbocycles. The molecule has 1 saturated heterocycles. The number of carbonyl (C=O) groups is 1. The second kappa shape index (κ2) is 8.53. The summed E-state index contributed by atoms with van der Waals surface area (Å²) in [5, 5.41) is 0.661. The van der Waals surface area contributed by atoms with E-state index in [4.69, 9.17) is 0 Å². The molecule has 2 bridgehead atoms. The fraction of sp³-hybridized carbons (Fsp3) is 0.481. The van der Waals surface area contributed by atoms with Gasteiger partial charge >= 0.3 is 0 Å². The summed E-state index contributed by atoms with van der Waals surface area (Å²) in [5.41, 5.74) is 1.91. The Balaban J connectivity index is 1.09. The minimum Gasteiger partial charge on any atom is -0.341 e. The number of carbonyl (C=O) groups excluding carboxylic acids is 1. The zero-order valence-corrected chi connectivity index (χ0v) is 19.3. The number of benzene rings is 1. The van der Waals surface area contributed by atoms with Gasteiger partial charge in [-0.05, 0) is 62.1 Å². The van der Waals surface area contributed by atoms with Crippen LogP contribution in [0, 0.1) is 17.8 Å². The lowest BCUT2D eigenvalue weighted by Crippen LogP contribution is -2.50. The standard InChI is InChI=1S/C27H30N4O3/c32-25-7-3-6-24-21-12-19(15-31(24)25)14-29(16-21)26(33)20-10-8-18(9-11-20)13-30-17-28-23-5-2-1-4-22(23)27(30)34/h1-7,17-21H,8-16H2. The van der Waals surface area contributed by atoms with E-state index >= 15 is 0 Å². The van der Waals surface area contributed by atoms with Crippen LogP contribution in [0.25, 0.3) is 10.9 Å². The number of hydrogen-bond donors (Lipinski definition) is 0. The van der Waals surface area contributed by atoms with E-state index in [9.17, 15) is 14.4 Å². The van der Waals surface area contributed by atoms with E-state index in [2.05, 4.69) is 9.88 Å². The molecule has 0 radical (unpaired) electrons. The van der Waals surface area contributed by atoms with Crippen LogP contribution in [0.2, 0.25) is 0 Å². The molecule has 0 spiro atoms. The Morgan fingerprint density at radius 3 is 2.62 bits per heavy atom. The minimum atomic E-state index is 0.0167. The van der Waals surface area contributed by atoms with Gasteiger partial charge in [0.25, 0.3) is 11.1 Å². The van der Waals surface area contributed by atoms with Gasteiger partial charge < -0.3 is 9.47 Å². The van der Waals surface area contributed by atoms with Crippen LogP contribution in [-0.4, -0.2) is 38.0 Å². The molecule has 4 heterocycles. The molecule has 7 heteroatoms. The monoisotopic (exact) mass is 458 g/mol. The normalized spacial score (nSPS) is 26.3. The fourth-order valence-electron chi connectivity index (χ4n) is 6.44. The van der Waals surface area contributed by atoms with E-state index in [1.807, 2.05) is 41.0 Å². The van der Waals surface area contributed by atoms with Crippen LogP contribution in [0.4, 0.5) is 0 Å². The summed E-state index contributed by atoms with van der Waals surface area (Å²) >= 11 is 0. The van der Waals surface area contributed by atoms with Gasteiger partial charge in [-0.15, -0.1) is 0 Å². The van der Waals surface area contributed by atoms with Gasteiger partial charge in [-0.1, -0.05) is 18.2 Å². The largest absolute Gasteiger partial charge is 0.341 e. The Bertz CT molecular complexity index is 1350. The zero-order valence-electron chi connectivity index (χ0n) is 19.3.